The number of halogens is 1. The lowest BCUT2D eigenvalue weighted by atomic mass is 10.0. The molecular formula is C31H33ClN2O4. The summed E-state index contributed by atoms with van der Waals surface area (Å²) in [5, 5.41) is 3.85. The Balaban J connectivity index is 1.40. The van der Waals surface area contributed by atoms with Crippen molar-refractivity contribution in [2.75, 3.05) is 6.79 Å². The molecule has 1 saturated carbocycles. The molecule has 0 radical (unpaired) electrons. The molecule has 3 aromatic carbocycles. The molecule has 0 bridgehead atoms. The number of rotatable bonds is 10. The lowest BCUT2D eigenvalue weighted by Gasteiger charge is -2.32. The number of carbonyl (C=O) groups excluding carboxylic acids is 2. The normalized spacial score (nSPS) is 15.3. The van der Waals surface area contributed by atoms with Crippen molar-refractivity contribution in [2.24, 2.45) is 0 Å². The molecule has 1 N–H and O–H groups in total. The van der Waals surface area contributed by atoms with Gasteiger partial charge in [-0.05, 0) is 60.2 Å². The van der Waals surface area contributed by atoms with E-state index < -0.39 is 6.04 Å². The van der Waals surface area contributed by atoms with Crippen LogP contribution in [0.25, 0.3) is 0 Å². The highest BCUT2D eigenvalue weighted by atomic mass is 35.5. The number of nitrogens with one attached hydrogen (secondary N) is 1. The third kappa shape index (κ3) is 6.67. The predicted molar refractivity (Wildman–Crippen MR) is 147 cm³/mol. The van der Waals surface area contributed by atoms with Crippen LogP contribution in [0.1, 0.15) is 48.8 Å². The fraction of sp³-hybridized carbons (Fsp3) is 0.355. The van der Waals surface area contributed by atoms with Crippen LogP contribution in [-0.2, 0) is 29.0 Å². The van der Waals surface area contributed by atoms with Gasteiger partial charge in [-0.25, -0.2) is 0 Å². The smallest absolute Gasteiger partial charge is 0.243 e. The average molecular weight is 533 g/mol. The summed E-state index contributed by atoms with van der Waals surface area (Å²) in [4.78, 5) is 29.3. The van der Waals surface area contributed by atoms with E-state index in [9.17, 15) is 9.59 Å². The van der Waals surface area contributed by atoms with E-state index in [2.05, 4.69) is 5.32 Å². The van der Waals surface area contributed by atoms with Crippen molar-refractivity contribution in [2.45, 2.75) is 63.6 Å². The standard InChI is InChI=1S/C31H33ClN2O4/c32-25-10-6-9-24(17-25)20-34(30(35)16-14-23-13-15-28-29(19-23)38-21-37-28)27(18-22-7-2-1-3-8-22)31(36)33-26-11-4-5-12-26/h1-3,6-10,13,15,17,19,26-27H,4-5,11-12,14,16,18,20-21H2,(H,33,36)/t27-/m1/s1. The molecule has 1 atom stereocenters. The highest BCUT2D eigenvalue weighted by Crippen LogP contribution is 2.33. The van der Waals surface area contributed by atoms with Gasteiger partial charge in [-0.1, -0.05) is 73.0 Å². The first-order valence-electron chi connectivity index (χ1n) is 13.3. The topological polar surface area (TPSA) is 67.9 Å². The lowest BCUT2D eigenvalue weighted by molar-refractivity contribution is -0.141. The zero-order valence-corrected chi connectivity index (χ0v) is 22.2. The molecule has 1 aliphatic heterocycles. The van der Waals surface area contributed by atoms with Gasteiger partial charge in [0.05, 0.1) is 0 Å². The molecule has 2 aliphatic rings. The Morgan fingerprint density at radius 3 is 2.45 bits per heavy atom. The molecule has 3 aromatic rings. The molecule has 0 saturated heterocycles. The molecule has 0 aromatic heterocycles. The maximum atomic E-state index is 13.9. The number of amides is 2. The van der Waals surface area contributed by atoms with Gasteiger partial charge in [0, 0.05) is 30.5 Å². The summed E-state index contributed by atoms with van der Waals surface area (Å²) in [6.45, 7) is 0.512. The first-order valence-corrected chi connectivity index (χ1v) is 13.7. The summed E-state index contributed by atoms with van der Waals surface area (Å²) in [5.74, 6) is 1.24. The molecule has 7 heteroatoms. The number of hydrogen-bond acceptors (Lipinski definition) is 4. The number of nitrogens with zero attached hydrogens (tertiary/aromatic N) is 1. The maximum Gasteiger partial charge on any atom is 0.243 e. The summed E-state index contributed by atoms with van der Waals surface area (Å²) in [6.07, 6.45) is 5.44. The van der Waals surface area contributed by atoms with Crippen LogP contribution in [0.4, 0.5) is 0 Å². The van der Waals surface area contributed by atoms with Gasteiger partial charge >= 0.3 is 0 Å². The number of carbonyl (C=O) groups is 2. The van der Waals surface area contributed by atoms with Gasteiger partial charge in [0.2, 0.25) is 18.6 Å². The van der Waals surface area contributed by atoms with E-state index in [1.807, 2.05) is 72.8 Å². The first-order chi connectivity index (χ1) is 18.5. The third-order valence-electron chi connectivity index (χ3n) is 7.28. The second kappa shape index (κ2) is 12.4. The molecule has 5 rings (SSSR count). The minimum atomic E-state index is -0.638. The van der Waals surface area contributed by atoms with Crippen LogP contribution in [0.2, 0.25) is 5.02 Å². The van der Waals surface area contributed by atoms with Gasteiger partial charge in [0.15, 0.2) is 11.5 Å². The monoisotopic (exact) mass is 532 g/mol. The van der Waals surface area contributed by atoms with Crippen molar-refractivity contribution in [3.05, 3.63) is 94.5 Å². The maximum absolute atomic E-state index is 13.9. The number of hydrogen-bond donors (Lipinski definition) is 1. The second-order valence-electron chi connectivity index (χ2n) is 10.0. The molecular weight excluding hydrogens is 500 g/mol. The third-order valence-corrected chi connectivity index (χ3v) is 7.51. The van der Waals surface area contributed by atoms with Crippen molar-refractivity contribution in [1.82, 2.24) is 10.2 Å². The molecule has 1 heterocycles. The van der Waals surface area contributed by atoms with Crippen LogP contribution < -0.4 is 14.8 Å². The van der Waals surface area contributed by atoms with Gasteiger partial charge in [0.25, 0.3) is 0 Å². The molecule has 198 valence electrons. The van der Waals surface area contributed by atoms with E-state index >= 15 is 0 Å². The Hall–Kier alpha value is -3.51. The van der Waals surface area contributed by atoms with Gasteiger partial charge in [-0.15, -0.1) is 0 Å². The average Bonchev–Trinajstić information content (AvgIpc) is 3.61. The van der Waals surface area contributed by atoms with Gasteiger partial charge < -0.3 is 19.7 Å². The van der Waals surface area contributed by atoms with Crippen LogP contribution in [0, 0.1) is 0 Å². The summed E-state index contributed by atoms with van der Waals surface area (Å²) < 4.78 is 10.9. The summed E-state index contributed by atoms with van der Waals surface area (Å²) in [6, 6.07) is 22.6. The Kier molecular flexibility index (Phi) is 8.49. The molecule has 2 amide bonds. The Morgan fingerprint density at radius 1 is 0.895 bits per heavy atom. The van der Waals surface area contributed by atoms with Crippen LogP contribution >= 0.6 is 11.6 Å². The summed E-state index contributed by atoms with van der Waals surface area (Å²) >= 11 is 6.28. The SMILES string of the molecule is O=C(NC1CCCC1)[C@@H](Cc1ccccc1)N(Cc1cccc(Cl)c1)C(=O)CCc1ccc2c(c1)OCO2. The highest BCUT2D eigenvalue weighted by molar-refractivity contribution is 6.30. The fourth-order valence-corrected chi connectivity index (χ4v) is 5.46. The Bertz CT molecular complexity index is 1260. The van der Waals surface area contributed by atoms with E-state index in [0.717, 1.165) is 42.4 Å². The van der Waals surface area contributed by atoms with Crippen molar-refractivity contribution >= 4 is 23.4 Å². The Morgan fingerprint density at radius 2 is 1.66 bits per heavy atom. The van der Waals surface area contributed by atoms with Crippen molar-refractivity contribution < 1.29 is 19.1 Å². The van der Waals surface area contributed by atoms with Crippen molar-refractivity contribution in [3.8, 4) is 11.5 Å². The van der Waals surface area contributed by atoms with E-state index in [-0.39, 0.29) is 31.1 Å². The van der Waals surface area contributed by atoms with Crippen LogP contribution in [0.3, 0.4) is 0 Å². The van der Waals surface area contributed by atoms with E-state index in [1.165, 1.54) is 0 Å². The first kappa shape index (κ1) is 26.1. The zero-order chi connectivity index (χ0) is 26.3. The van der Waals surface area contributed by atoms with Gasteiger partial charge in [-0.3, -0.25) is 9.59 Å². The van der Waals surface area contributed by atoms with Crippen LogP contribution in [0.5, 0.6) is 11.5 Å². The fourth-order valence-electron chi connectivity index (χ4n) is 5.24. The van der Waals surface area contributed by atoms with Crippen LogP contribution in [-0.4, -0.2) is 35.6 Å². The minimum absolute atomic E-state index is 0.0786. The minimum Gasteiger partial charge on any atom is -0.454 e. The summed E-state index contributed by atoms with van der Waals surface area (Å²) in [5.41, 5.74) is 2.89. The largest absolute Gasteiger partial charge is 0.454 e. The molecule has 1 fully saturated rings. The van der Waals surface area contributed by atoms with E-state index in [4.69, 9.17) is 21.1 Å². The molecule has 38 heavy (non-hydrogen) atoms. The number of benzene rings is 3. The quantitative estimate of drug-likeness (QED) is 0.364. The van der Waals surface area contributed by atoms with E-state index in [0.29, 0.717) is 35.9 Å². The number of aryl methyl sites for hydroxylation is 1. The predicted octanol–water partition coefficient (Wildman–Crippen LogP) is 5.70. The molecule has 0 spiro atoms. The number of fused-ring (bicyclic) bond motifs is 1. The highest BCUT2D eigenvalue weighted by Gasteiger charge is 2.32. The van der Waals surface area contributed by atoms with Gasteiger partial charge in [0.1, 0.15) is 6.04 Å². The van der Waals surface area contributed by atoms with Crippen molar-refractivity contribution in [1.29, 1.82) is 0 Å². The van der Waals surface area contributed by atoms with Crippen molar-refractivity contribution in [3.63, 3.8) is 0 Å². The second-order valence-corrected chi connectivity index (χ2v) is 10.5. The lowest BCUT2D eigenvalue weighted by Crippen LogP contribution is -2.52. The van der Waals surface area contributed by atoms with E-state index in [1.54, 1.807) is 4.90 Å². The molecule has 0 unspecified atom stereocenters. The summed E-state index contributed by atoms with van der Waals surface area (Å²) in [7, 11) is 0. The molecule has 6 nitrogen and oxygen atoms in total. The molecule has 1 aliphatic carbocycles. The van der Waals surface area contributed by atoms with Gasteiger partial charge in [-0.2, -0.15) is 0 Å². The number of ether oxygens (including phenoxy) is 2. The zero-order valence-electron chi connectivity index (χ0n) is 21.4. The van der Waals surface area contributed by atoms with Crippen LogP contribution in [0.15, 0.2) is 72.8 Å². The Labute approximate surface area is 228 Å².